The molecule has 2 aliphatic rings. The van der Waals surface area contributed by atoms with Gasteiger partial charge < -0.3 is 24.8 Å². The third kappa shape index (κ3) is 3.49. The van der Waals surface area contributed by atoms with Crippen LogP contribution >= 0.6 is 22.9 Å². The first-order chi connectivity index (χ1) is 15.3. The molecule has 1 aromatic carbocycles. The molecule has 32 heavy (non-hydrogen) atoms. The van der Waals surface area contributed by atoms with Crippen LogP contribution in [-0.2, 0) is 9.59 Å². The molecule has 1 aliphatic carbocycles. The molecule has 9 nitrogen and oxygen atoms in total. The molecule has 0 fully saturated rings. The Balaban J connectivity index is 1.57. The average Bonchev–Trinajstić information content (AvgIpc) is 3.38. The zero-order chi connectivity index (χ0) is 23.0. The minimum atomic E-state index is -1.75. The number of nitrogens with one attached hydrogen (secondary N) is 2. The van der Waals surface area contributed by atoms with Gasteiger partial charge in [0.15, 0.2) is 10.9 Å². The van der Waals surface area contributed by atoms with Crippen molar-refractivity contribution in [2.24, 2.45) is 5.92 Å². The Bertz CT molecular complexity index is 1130. The summed E-state index contributed by atoms with van der Waals surface area (Å²) in [5.74, 6) is -1.31. The lowest BCUT2D eigenvalue weighted by atomic mass is 9.74. The van der Waals surface area contributed by atoms with E-state index in [9.17, 15) is 14.4 Å². The van der Waals surface area contributed by atoms with Gasteiger partial charge in [-0.25, -0.2) is 4.98 Å². The van der Waals surface area contributed by atoms with E-state index in [1.165, 1.54) is 37.7 Å². The molecule has 1 aromatic heterocycles. The highest BCUT2D eigenvalue weighted by molar-refractivity contribution is 7.13. The van der Waals surface area contributed by atoms with Crippen molar-refractivity contribution in [2.45, 2.75) is 18.9 Å². The number of allylic oxidation sites excluding steroid dienone is 1. The lowest BCUT2D eigenvalue weighted by molar-refractivity contribution is -0.129. The van der Waals surface area contributed by atoms with Gasteiger partial charge in [-0.05, 0) is 6.42 Å². The molecule has 4 rings (SSSR count). The number of ketones is 2. The molecule has 0 saturated carbocycles. The second-order valence-corrected chi connectivity index (χ2v) is 8.62. The number of Topliss-reactive ketones (excluding diaryl/α,β-unsaturated/α-hetero) is 1. The highest BCUT2D eigenvalue weighted by atomic mass is 35.5. The molecule has 2 unspecified atom stereocenters. The molecule has 0 radical (unpaired) electrons. The van der Waals surface area contributed by atoms with Crippen LogP contribution in [0.1, 0.15) is 23.7 Å². The van der Waals surface area contributed by atoms with Crippen LogP contribution in [0.5, 0.6) is 17.2 Å². The first kappa shape index (κ1) is 22.1. The third-order valence-electron chi connectivity index (χ3n) is 5.46. The predicted molar refractivity (Wildman–Crippen MR) is 118 cm³/mol. The van der Waals surface area contributed by atoms with E-state index >= 15 is 0 Å². The Kier molecular flexibility index (Phi) is 5.83. The quantitative estimate of drug-likeness (QED) is 0.610. The number of fused-ring (bicyclic) bond motifs is 1. The minimum absolute atomic E-state index is 0.0513. The minimum Gasteiger partial charge on any atom is -0.496 e. The Morgan fingerprint density at radius 1 is 1.34 bits per heavy atom. The third-order valence-corrected chi connectivity index (χ3v) is 6.51. The van der Waals surface area contributed by atoms with Gasteiger partial charge in [0.05, 0.1) is 20.8 Å². The molecule has 1 amide bonds. The number of amides is 1. The van der Waals surface area contributed by atoms with Crippen molar-refractivity contribution in [1.29, 1.82) is 0 Å². The average molecular weight is 478 g/mol. The van der Waals surface area contributed by atoms with Gasteiger partial charge >= 0.3 is 0 Å². The molecule has 1 aliphatic heterocycles. The van der Waals surface area contributed by atoms with Crippen molar-refractivity contribution in [1.82, 2.24) is 10.3 Å². The van der Waals surface area contributed by atoms with E-state index in [1.54, 1.807) is 18.5 Å². The molecule has 0 bridgehead atoms. The summed E-state index contributed by atoms with van der Waals surface area (Å²) in [6.07, 6.45) is 3.20. The van der Waals surface area contributed by atoms with Gasteiger partial charge in [0, 0.05) is 35.3 Å². The van der Waals surface area contributed by atoms with Gasteiger partial charge in [-0.15, -0.1) is 11.3 Å². The van der Waals surface area contributed by atoms with Crippen LogP contribution in [0.15, 0.2) is 29.4 Å². The van der Waals surface area contributed by atoms with Crippen molar-refractivity contribution >= 4 is 45.5 Å². The lowest BCUT2D eigenvalue weighted by Gasteiger charge is -2.35. The Hall–Kier alpha value is -3.11. The number of hydrogen-bond donors (Lipinski definition) is 2. The first-order valence-corrected chi connectivity index (χ1v) is 10.9. The second-order valence-electron chi connectivity index (χ2n) is 7.34. The van der Waals surface area contributed by atoms with Crippen LogP contribution < -0.4 is 24.8 Å². The molecule has 1 spiro atoms. The fourth-order valence-corrected chi connectivity index (χ4v) is 4.70. The summed E-state index contributed by atoms with van der Waals surface area (Å²) in [7, 11) is 2.84. The number of hydrogen-bond acceptors (Lipinski definition) is 9. The van der Waals surface area contributed by atoms with E-state index in [4.69, 9.17) is 25.8 Å². The molecular formula is C21H20ClN3O6S. The maximum Gasteiger partial charge on any atom is 0.245 e. The number of halogens is 1. The first-order valence-electron chi connectivity index (χ1n) is 9.68. The highest BCUT2D eigenvalue weighted by Gasteiger charge is 2.60. The van der Waals surface area contributed by atoms with E-state index in [0.29, 0.717) is 17.2 Å². The molecule has 2 heterocycles. The van der Waals surface area contributed by atoms with Crippen molar-refractivity contribution < 1.29 is 28.6 Å². The number of nitrogens with zero attached hydrogens (tertiary/aromatic N) is 1. The Labute approximate surface area is 192 Å². The van der Waals surface area contributed by atoms with Crippen LogP contribution in [0.3, 0.4) is 0 Å². The molecule has 2 atom stereocenters. The van der Waals surface area contributed by atoms with Crippen molar-refractivity contribution in [3.8, 4) is 17.2 Å². The number of thiazole rings is 1. The largest absolute Gasteiger partial charge is 0.496 e. The normalized spacial score (nSPS) is 21.6. The summed E-state index contributed by atoms with van der Waals surface area (Å²) < 4.78 is 16.5. The number of methoxy groups -OCH3 is 2. The summed E-state index contributed by atoms with van der Waals surface area (Å²) >= 11 is 7.68. The van der Waals surface area contributed by atoms with Crippen LogP contribution in [0.2, 0.25) is 5.02 Å². The molecule has 168 valence electrons. The number of rotatable bonds is 6. The summed E-state index contributed by atoms with van der Waals surface area (Å²) in [6, 6.07) is 1.49. The van der Waals surface area contributed by atoms with Gasteiger partial charge in [-0.1, -0.05) is 18.5 Å². The fraction of sp³-hybridized carbons (Fsp3) is 0.333. The Morgan fingerprint density at radius 2 is 2.09 bits per heavy atom. The van der Waals surface area contributed by atoms with Gasteiger partial charge in [-0.3, -0.25) is 14.4 Å². The lowest BCUT2D eigenvalue weighted by Crippen LogP contribution is -2.55. The maximum absolute atomic E-state index is 13.4. The van der Waals surface area contributed by atoms with Gasteiger partial charge in [0.1, 0.15) is 22.1 Å². The monoisotopic (exact) mass is 477 g/mol. The number of carbonyl (C=O) groups excluding carboxylic acids is 3. The van der Waals surface area contributed by atoms with E-state index < -0.39 is 23.1 Å². The zero-order valence-electron chi connectivity index (χ0n) is 17.5. The number of benzene rings is 1. The van der Waals surface area contributed by atoms with E-state index in [1.807, 2.05) is 0 Å². The molecule has 2 N–H and O–H groups in total. The Morgan fingerprint density at radius 3 is 2.72 bits per heavy atom. The van der Waals surface area contributed by atoms with Crippen molar-refractivity contribution in [3.63, 3.8) is 0 Å². The van der Waals surface area contributed by atoms with Crippen molar-refractivity contribution in [3.05, 3.63) is 40.0 Å². The molecule has 2 aromatic rings. The molecular weight excluding hydrogens is 458 g/mol. The topological polar surface area (TPSA) is 116 Å². The van der Waals surface area contributed by atoms with Gasteiger partial charge in [-0.2, -0.15) is 0 Å². The van der Waals surface area contributed by atoms with Crippen LogP contribution in [0.4, 0.5) is 5.13 Å². The predicted octanol–water partition coefficient (Wildman–Crippen LogP) is 2.85. The van der Waals surface area contributed by atoms with Gasteiger partial charge in [0.25, 0.3) is 0 Å². The SMILES string of the molecule is COc1cc(OC)c2c(c1Cl)OC1(C(=O)C=C(NCC(=O)Nc3nccs3)CC1C)C2=O. The smallest absolute Gasteiger partial charge is 0.245 e. The van der Waals surface area contributed by atoms with Gasteiger partial charge in [0.2, 0.25) is 23.1 Å². The number of ether oxygens (including phenoxy) is 3. The summed E-state index contributed by atoms with van der Waals surface area (Å²) in [4.78, 5) is 42.7. The standard InChI is InChI=1S/C21H20ClN3O6S/c1-10-6-11(24-9-15(27)25-20-23-4-5-32-20)7-14(26)21(10)19(28)16-12(29-2)8-13(30-3)17(22)18(16)31-21/h4-5,7-8,10,24H,6,9H2,1-3H3,(H,23,25,27). The maximum atomic E-state index is 13.4. The fourth-order valence-electron chi connectivity index (χ4n) is 3.89. The van der Waals surface area contributed by atoms with E-state index in [2.05, 4.69) is 15.6 Å². The molecule has 11 heteroatoms. The van der Waals surface area contributed by atoms with Crippen LogP contribution in [0.25, 0.3) is 0 Å². The van der Waals surface area contributed by atoms with E-state index in [0.717, 1.165) is 0 Å². The number of anilines is 1. The zero-order valence-corrected chi connectivity index (χ0v) is 19.1. The molecule has 0 saturated heterocycles. The number of carbonyl (C=O) groups is 3. The number of aromatic nitrogens is 1. The summed E-state index contributed by atoms with van der Waals surface area (Å²) in [5.41, 5.74) is -1.10. The van der Waals surface area contributed by atoms with Crippen molar-refractivity contribution in [2.75, 3.05) is 26.1 Å². The van der Waals surface area contributed by atoms with E-state index in [-0.39, 0.29) is 40.3 Å². The highest BCUT2D eigenvalue weighted by Crippen LogP contribution is 2.52. The van der Waals surface area contributed by atoms with Crippen LogP contribution in [0, 0.1) is 5.92 Å². The summed E-state index contributed by atoms with van der Waals surface area (Å²) in [6.45, 7) is 1.69. The van der Waals surface area contributed by atoms with Crippen LogP contribution in [-0.4, -0.2) is 48.8 Å². The summed E-state index contributed by atoms with van der Waals surface area (Å²) in [5, 5.41) is 7.95. The second kappa shape index (κ2) is 8.44.